The van der Waals surface area contributed by atoms with Gasteiger partial charge in [0.1, 0.15) is 18.4 Å². The molecule has 0 aromatic heterocycles. The van der Waals surface area contributed by atoms with E-state index in [2.05, 4.69) is 5.32 Å². The third-order valence-electron chi connectivity index (χ3n) is 6.54. The van der Waals surface area contributed by atoms with Crippen molar-refractivity contribution < 1.29 is 22.4 Å². The Morgan fingerprint density at radius 3 is 2.21 bits per heavy atom. The van der Waals surface area contributed by atoms with Gasteiger partial charge in [0.15, 0.2) is 0 Å². The smallest absolute Gasteiger partial charge is 0.264 e. The number of carbonyl (C=O) groups is 2. The fourth-order valence-corrected chi connectivity index (χ4v) is 5.58. The van der Waals surface area contributed by atoms with Crippen LogP contribution < -0.4 is 9.62 Å². The molecule has 3 aromatic carbocycles. The van der Waals surface area contributed by atoms with E-state index >= 15 is 0 Å². The summed E-state index contributed by atoms with van der Waals surface area (Å²) in [5.41, 5.74) is 2.56. The molecule has 2 amide bonds. The summed E-state index contributed by atoms with van der Waals surface area (Å²) in [5.74, 6) is -1.32. The number of sulfonamides is 1. The Balaban J connectivity index is 2.00. The molecule has 0 heterocycles. The zero-order chi connectivity index (χ0) is 28.6. The van der Waals surface area contributed by atoms with Crippen LogP contribution in [-0.4, -0.2) is 44.3 Å². The molecule has 0 aliphatic rings. The summed E-state index contributed by atoms with van der Waals surface area (Å²) in [7, 11) is -4.13. The second kappa shape index (κ2) is 13.4. The van der Waals surface area contributed by atoms with E-state index in [0.29, 0.717) is 23.4 Å². The molecular weight excluding hydrogens is 517 g/mol. The maximum absolute atomic E-state index is 13.9. The number of para-hydroxylation sites is 1. The highest BCUT2D eigenvalue weighted by molar-refractivity contribution is 7.92. The third-order valence-corrected chi connectivity index (χ3v) is 8.31. The minimum Gasteiger partial charge on any atom is -0.354 e. The van der Waals surface area contributed by atoms with Gasteiger partial charge in [-0.05, 0) is 68.7 Å². The van der Waals surface area contributed by atoms with E-state index in [9.17, 15) is 22.4 Å². The van der Waals surface area contributed by atoms with Gasteiger partial charge in [-0.1, -0.05) is 61.4 Å². The summed E-state index contributed by atoms with van der Waals surface area (Å²) in [6.07, 6.45) is 1.69. The van der Waals surface area contributed by atoms with Crippen molar-refractivity contribution in [2.75, 3.05) is 17.4 Å². The van der Waals surface area contributed by atoms with Crippen LogP contribution in [0.3, 0.4) is 0 Å². The van der Waals surface area contributed by atoms with Crippen LogP contribution in [0.1, 0.15) is 43.4 Å². The average Bonchev–Trinajstić information content (AvgIpc) is 2.91. The standard InChI is InChI=1S/C30H36FN3O4S/c1-5-6-19-32-30(36)24(4)33(20-25-13-15-26(31)16-14-25)29(35)21-34(28-10-8-7-9-23(28)3)39(37,38)27-17-11-22(2)12-18-27/h7-18,24H,5-6,19-21H2,1-4H3,(H,32,36)/t24-/m0/s1. The van der Waals surface area contributed by atoms with Crippen LogP contribution in [0, 0.1) is 19.7 Å². The van der Waals surface area contributed by atoms with Gasteiger partial charge in [-0.15, -0.1) is 0 Å². The van der Waals surface area contributed by atoms with Gasteiger partial charge in [-0.2, -0.15) is 0 Å². The highest BCUT2D eigenvalue weighted by Gasteiger charge is 2.33. The second-order valence-corrected chi connectivity index (χ2v) is 11.4. The number of nitrogens with zero attached hydrogens (tertiary/aromatic N) is 2. The molecule has 3 rings (SSSR count). The molecule has 208 valence electrons. The van der Waals surface area contributed by atoms with E-state index in [0.717, 1.165) is 22.7 Å². The molecule has 0 fully saturated rings. The Kier molecular flexibility index (Phi) is 10.2. The van der Waals surface area contributed by atoms with Crippen molar-refractivity contribution in [3.63, 3.8) is 0 Å². The molecule has 1 N–H and O–H groups in total. The van der Waals surface area contributed by atoms with Crippen LogP contribution in [0.5, 0.6) is 0 Å². The maximum atomic E-state index is 13.9. The summed E-state index contributed by atoms with van der Waals surface area (Å²) < 4.78 is 42.4. The molecule has 0 saturated heterocycles. The largest absolute Gasteiger partial charge is 0.354 e. The van der Waals surface area contributed by atoms with Gasteiger partial charge in [-0.25, -0.2) is 12.8 Å². The molecule has 0 aliphatic carbocycles. The van der Waals surface area contributed by atoms with Crippen molar-refractivity contribution in [3.05, 3.63) is 95.3 Å². The topological polar surface area (TPSA) is 86.8 Å². The monoisotopic (exact) mass is 553 g/mol. The first-order valence-electron chi connectivity index (χ1n) is 13.0. The predicted octanol–water partition coefficient (Wildman–Crippen LogP) is 4.97. The van der Waals surface area contributed by atoms with E-state index in [1.165, 1.54) is 29.2 Å². The number of halogens is 1. The first kappa shape index (κ1) is 29.8. The maximum Gasteiger partial charge on any atom is 0.264 e. The summed E-state index contributed by atoms with van der Waals surface area (Å²) in [5, 5.41) is 2.84. The van der Waals surface area contributed by atoms with E-state index in [4.69, 9.17) is 0 Å². The Morgan fingerprint density at radius 1 is 0.949 bits per heavy atom. The highest BCUT2D eigenvalue weighted by atomic mass is 32.2. The molecular formula is C30H36FN3O4S. The predicted molar refractivity (Wildman–Crippen MR) is 151 cm³/mol. The number of benzene rings is 3. The van der Waals surface area contributed by atoms with E-state index in [1.54, 1.807) is 62.4 Å². The van der Waals surface area contributed by atoms with Crippen molar-refractivity contribution in [1.82, 2.24) is 10.2 Å². The van der Waals surface area contributed by atoms with Gasteiger partial charge in [0.05, 0.1) is 10.6 Å². The number of aryl methyl sites for hydroxylation is 2. The SMILES string of the molecule is CCCCNC(=O)[C@H](C)N(Cc1ccc(F)cc1)C(=O)CN(c1ccccc1C)S(=O)(=O)c1ccc(C)cc1. The number of unbranched alkanes of at least 4 members (excludes halogenated alkanes) is 1. The molecule has 0 bridgehead atoms. The van der Waals surface area contributed by atoms with Crippen LogP contribution >= 0.6 is 0 Å². The second-order valence-electron chi connectivity index (χ2n) is 9.58. The molecule has 0 saturated carbocycles. The zero-order valence-corrected chi connectivity index (χ0v) is 23.7. The molecule has 0 spiro atoms. The van der Waals surface area contributed by atoms with Crippen molar-refractivity contribution in [3.8, 4) is 0 Å². The molecule has 1 atom stereocenters. The molecule has 0 unspecified atom stereocenters. The van der Waals surface area contributed by atoms with E-state index < -0.39 is 34.3 Å². The molecule has 3 aromatic rings. The minimum atomic E-state index is -4.13. The average molecular weight is 554 g/mol. The first-order chi connectivity index (χ1) is 18.5. The molecule has 7 nitrogen and oxygen atoms in total. The van der Waals surface area contributed by atoms with Gasteiger partial charge in [0.25, 0.3) is 10.0 Å². The lowest BCUT2D eigenvalue weighted by molar-refractivity contribution is -0.139. The summed E-state index contributed by atoms with van der Waals surface area (Å²) in [6, 6.07) is 18.1. The quantitative estimate of drug-likeness (QED) is 0.321. The lowest BCUT2D eigenvalue weighted by atomic mass is 10.1. The van der Waals surface area contributed by atoms with Crippen LogP contribution in [0.2, 0.25) is 0 Å². The number of carbonyl (C=O) groups excluding carboxylic acids is 2. The van der Waals surface area contributed by atoms with Crippen molar-refractivity contribution in [1.29, 1.82) is 0 Å². The summed E-state index contributed by atoms with van der Waals surface area (Å²) in [6.45, 7) is 7.21. The Bertz CT molecular complexity index is 1380. The fourth-order valence-electron chi connectivity index (χ4n) is 4.10. The lowest BCUT2D eigenvalue weighted by Crippen LogP contribution is -2.51. The number of hydrogen-bond donors (Lipinski definition) is 1. The summed E-state index contributed by atoms with van der Waals surface area (Å²) >= 11 is 0. The minimum absolute atomic E-state index is 0.00761. The fraction of sp³-hybridized carbons (Fsp3) is 0.333. The lowest BCUT2D eigenvalue weighted by Gasteiger charge is -2.32. The van der Waals surface area contributed by atoms with Crippen molar-refractivity contribution in [2.45, 2.75) is 58.0 Å². The zero-order valence-electron chi connectivity index (χ0n) is 22.9. The van der Waals surface area contributed by atoms with Crippen LogP contribution in [0.15, 0.2) is 77.7 Å². The first-order valence-corrected chi connectivity index (χ1v) is 14.4. The van der Waals surface area contributed by atoms with E-state index in [-0.39, 0.29) is 17.3 Å². The molecule has 0 radical (unpaired) electrons. The highest BCUT2D eigenvalue weighted by Crippen LogP contribution is 2.27. The van der Waals surface area contributed by atoms with Crippen LogP contribution in [0.4, 0.5) is 10.1 Å². The van der Waals surface area contributed by atoms with Crippen molar-refractivity contribution in [2.24, 2.45) is 0 Å². The Hall–Kier alpha value is -3.72. The Labute approximate surface area is 230 Å². The number of amides is 2. The van der Waals surface area contributed by atoms with Crippen LogP contribution in [0.25, 0.3) is 0 Å². The van der Waals surface area contributed by atoms with E-state index in [1.807, 2.05) is 13.8 Å². The van der Waals surface area contributed by atoms with Crippen LogP contribution in [-0.2, 0) is 26.2 Å². The van der Waals surface area contributed by atoms with Gasteiger partial charge >= 0.3 is 0 Å². The number of nitrogens with one attached hydrogen (secondary N) is 1. The van der Waals surface area contributed by atoms with Gasteiger partial charge in [-0.3, -0.25) is 13.9 Å². The number of rotatable bonds is 12. The Morgan fingerprint density at radius 2 is 1.59 bits per heavy atom. The van der Waals surface area contributed by atoms with Gasteiger partial charge < -0.3 is 10.2 Å². The van der Waals surface area contributed by atoms with Gasteiger partial charge in [0, 0.05) is 13.1 Å². The third kappa shape index (κ3) is 7.66. The molecule has 9 heteroatoms. The molecule has 0 aliphatic heterocycles. The number of anilines is 1. The number of hydrogen-bond acceptors (Lipinski definition) is 4. The summed E-state index contributed by atoms with van der Waals surface area (Å²) in [4.78, 5) is 28.2. The normalized spacial score (nSPS) is 12.0. The van der Waals surface area contributed by atoms with Crippen molar-refractivity contribution >= 4 is 27.5 Å². The van der Waals surface area contributed by atoms with Gasteiger partial charge in [0.2, 0.25) is 11.8 Å². The molecule has 39 heavy (non-hydrogen) atoms.